The maximum atomic E-state index is 13.0. The van der Waals surface area contributed by atoms with Gasteiger partial charge in [0.1, 0.15) is 11.4 Å². The summed E-state index contributed by atoms with van der Waals surface area (Å²) in [6.07, 6.45) is 5.06. The topological polar surface area (TPSA) is 103 Å². The van der Waals surface area contributed by atoms with Gasteiger partial charge in [0, 0.05) is 19.3 Å². The van der Waals surface area contributed by atoms with Gasteiger partial charge in [-0.25, -0.2) is 22.3 Å². The fraction of sp³-hybridized carbons (Fsp3) is 0.533. The third-order valence-corrected chi connectivity index (χ3v) is 6.18. The average Bonchev–Trinajstić information content (AvgIpc) is 2.80. The smallest absolute Gasteiger partial charge is 0.350 e. The molecule has 0 N–H and O–H groups in total. The van der Waals surface area contributed by atoms with Crippen LogP contribution < -0.4 is 5.69 Å². The number of pyridine rings is 1. The summed E-state index contributed by atoms with van der Waals surface area (Å²) in [7, 11) is -2.56. The molecule has 0 radical (unpaired) electrons. The Bertz CT molecular complexity index is 938. The van der Waals surface area contributed by atoms with Crippen molar-refractivity contribution in [1.82, 2.24) is 18.5 Å². The predicted molar refractivity (Wildman–Crippen MR) is 88.7 cm³/mol. The lowest BCUT2D eigenvalue weighted by atomic mass is 10.2. The van der Waals surface area contributed by atoms with E-state index in [2.05, 4.69) is 9.84 Å². The van der Waals surface area contributed by atoms with Crippen LogP contribution in [0.3, 0.4) is 0 Å². The molecular weight excluding hydrogens is 348 g/mol. The molecule has 0 bridgehead atoms. The molecule has 2 aromatic heterocycles. The van der Waals surface area contributed by atoms with E-state index in [1.807, 2.05) is 0 Å². The number of hydrogen-bond acceptors (Lipinski definition) is 6. The van der Waals surface area contributed by atoms with Crippen molar-refractivity contribution in [1.29, 1.82) is 0 Å². The second kappa shape index (κ2) is 6.96. The van der Waals surface area contributed by atoms with Gasteiger partial charge in [0.15, 0.2) is 5.65 Å². The molecule has 9 nitrogen and oxygen atoms in total. The first kappa shape index (κ1) is 17.6. The molecule has 0 unspecified atom stereocenters. The van der Waals surface area contributed by atoms with Gasteiger partial charge in [0.05, 0.1) is 7.11 Å². The number of fused-ring (bicyclic) bond motifs is 1. The van der Waals surface area contributed by atoms with Gasteiger partial charge in [0.2, 0.25) is 10.0 Å². The predicted octanol–water partition coefficient (Wildman–Crippen LogP) is 0.234. The van der Waals surface area contributed by atoms with Gasteiger partial charge in [-0.1, -0.05) is 12.8 Å². The maximum Gasteiger partial charge on any atom is 0.350 e. The van der Waals surface area contributed by atoms with Gasteiger partial charge in [-0.15, -0.1) is 5.10 Å². The fourth-order valence-electron chi connectivity index (χ4n) is 2.93. The van der Waals surface area contributed by atoms with Crippen LogP contribution >= 0.6 is 0 Å². The van der Waals surface area contributed by atoms with Crippen LogP contribution in [0.25, 0.3) is 5.65 Å². The van der Waals surface area contributed by atoms with Crippen LogP contribution in [0.1, 0.15) is 25.7 Å². The maximum absolute atomic E-state index is 13.0. The lowest BCUT2D eigenvalue weighted by Crippen LogP contribution is -2.32. The summed E-state index contributed by atoms with van der Waals surface area (Å²) in [5.41, 5.74) is -0.575. The first-order valence-electron chi connectivity index (χ1n) is 8.10. The van der Waals surface area contributed by atoms with Gasteiger partial charge in [-0.05, 0) is 25.0 Å². The Morgan fingerprint density at radius 1 is 1.24 bits per heavy atom. The average molecular weight is 368 g/mol. The lowest BCUT2D eigenvalue weighted by molar-refractivity contribution is -0.141. The normalized spacial score (nSPS) is 16.7. The van der Waals surface area contributed by atoms with Crippen molar-refractivity contribution >= 4 is 21.6 Å². The van der Waals surface area contributed by atoms with E-state index in [0.29, 0.717) is 13.1 Å². The van der Waals surface area contributed by atoms with Crippen LogP contribution in [-0.2, 0) is 26.1 Å². The minimum absolute atomic E-state index is 0.0145. The standard InChI is InChI=1S/C15H20N4O5S/c1-24-13(20)11-19-15(21)18-10-6-7-12(14(18)16-19)25(22,23)17-8-4-2-3-5-9-17/h6-7,10H,2-5,8-9,11H2,1H3. The van der Waals surface area contributed by atoms with Gasteiger partial charge in [-0.3, -0.25) is 4.79 Å². The molecule has 0 spiro atoms. The minimum Gasteiger partial charge on any atom is -0.468 e. The van der Waals surface area contributed by atoms with Gasteiger partial charge in [0.25, 0.3) is 0 Å². The zero-order chi connectivity index (χ0) is 18.0. The number of aromatic nitrogens is 3. The third kappa shape index (κ3) is 3.31. The van der Waals surface area contributed by atoms with Crippen LogP contribution in [0, 0.1) is 0 Å². The fourth-order valence-corrected chi connectivity index (χ4v) is 4.56. The Morgan fingerprint density at radius 2 is 1.92 bits per heavy atom. The summed E-state index contributed by atoms with van der Waals surface area (Å²) >= 11 is 0. The number of sulfonamides is 1. The van der Waals surface area contributed by atoms with E-state index in [1.165, 1.54) is 29.7 Å². The molecule has 3 heterocycles. The lowest BCUT2D eigenvalue weighted by Gasteiger charge is -2.19. The van der Waals surface area contributed by atoms with Gasteiger partial charge >= 0.3 is 11.7 Å². The zero-order valence-electron chi connectivity index (χ0n) is 13.9. The molecule has 1 fully saturated rings. The number of hydrogen-bond donors (Lipinski definition) is 0. The van der Waals surface area contributed by atoms with Crippen molar-refractivity contribution in [3.05, 3.63) is 28.8 Å². The summed E-state index contributed by atoms with van der Waals surface area (Å²) in [5, 5.41) is 4.05. The molecule has 1 aliphatic heterocycles. The van der Waals surface area contributed by atoms with E-state index in [1.54, 1.807) is 0 Å². The van der Waals surface area contributed by atoms with Crippen molar-refractivity contribution in [3.8, 4) is 0 Å². The molecule has 10 heteroatoms. The third-order valence-electron chi connectivity index (χ3n) is 4.26. The van der Waals surface area contributed by atoms with Gasteiger partial charge < -0.3 is 4.74 Å². The monoisotopic (exact) mass is 368 g/mol. The summed E-state index contributed by atoms with van der Waals surface area (Å²) in [5.74, 6) is -0.637. The highest BCUT2D eigenvalue weighted by atomic mass is 32.2. The Balaban J connectivity index is 2.08. The van der Waals surface area contributed by atoms with Crippen molar-refractivity contribution in [2.75, 3.05) is 20.2 Å². The van der Waals surface area contributed by atoms with E-state index in [-0.39, 0.29) is 17.1 Å². The van der Waals surface area contributed by atoms with Crippen molar-refractivity contribution in [3.63, 3.8) is 0 Å². The second-order valence-corrected chi connectivity index (χ2v) is 7.81. The summed E-state index contributed by atoms with van der Waals surface area (Å²) in [6.45, 7) is 0.535. The van der Waals surface area contributed by atoms with E-state index in [0.717, 1.165) is 34.8 Å². The largest absolute Gasteiger partial charge is 0.468 e. The zero-order valence-corrected chi connectivity index (χ0v) is 14.7. The molecule has 1 aliphatic rings. The molecule has 0 saturated carbocycles. The quantitative estimate of drug-likeness (QED) is 0.716. The van der Waals surface area contributed by atoms with Crippen LogP contribution in [-0.4, -0.2) is 53.1 Å². The summed E-state index contributed by atoms with van der Waals surface area (Å²) < 4.78 is 34.1. The SMILES string of the molecule is COC(=O)Cn1nc2c(S(=O)(=O)N3CCCCCC3)cccn2c1=O. The number of carbonyl (C=O) groups excluding carboxylic acids is 1. The highest BCUT2D eigenvalue weighted by Crippen LogP contribution is 2.22. The number of rotatable bonds is 4. The van der Waals surface area contributed by atoms with Crippen molar-refractivity contribution < 1.29 is 17.9 Å². The van der Waals surface area contributed by atoms with Crippen molar-refractivity contribution in [2.45, 2.75) is 37.1 Å². The molecule has 0 amide bonds. The van der Waals surface area contributed by atoms with Crippen LogP contribution in [0.5, 0.6) is 0 Å². The van der Waals surface area contributed by atoms with Crippen LogP contribution in [0.4, 0.5) is 0 Å². The Hall–Kier alpha value is -2.20. The first-order valence-corrected chi connectivity index (χ1v) is 9.54. The number of nitrogens with zero attached hydrogens (tertiary/aromatic N) is 4. The minimum atomic E-state index is -3.77. The van der Waals surface area contributed by atoms with E-state index >= 15 is 0 Å². The number of methoxy groups -OCH3 is 1. The molecular formula is C15H20N4O5S. The van der Waals surface area contributed by atoms with E-state index < -0.39 is 21.7 Å². The van der Waals surface area contributed by atoms with Crippen LogP contribution in [0.15, 0.2) is 28.0 Å². The molecule has 3 rings (SSSR count). The highest BCUT2D eigenvalue weighted by molar-refractivity contribution is 7.89. The first-order chi connectivity index (χ1) is 11.9. The van der Waals surface area contributed by atoms with E-state index in [9.17, 15) is 18.0 Å². The Labute approximate surface area is 144 Å². The summed E-state index contributed by atoms with van der Waals surface area (Å²) in [4.78, 5) is 23.7. The Morgan fingerprint density at radius 3 is 2.56 bits per heavy atom. The molecule has 2 aromatic rings. The highest BCUT2D eigenvalue weighted by Gasteiger charge is 2.29. The van der Waals surface area contributed by atoms with Crippen molar-refractivity contribution in [2.24, 2.45) is 0 Å². The van der Waals surface area contributed by atoms with Gasteiger partial charge in [-0.2, -0.15) is 4.31 Å². The molecule has 1 saturated heterocycles. The number of ether oxygens (including phenoxy) is 1. The molecule has 136 valence electrons. The Kier molecular flexibility index (Phi) is 4.91. The number of carbonyl (C=O) groups is 1. The molecule has 0 aromatic carbocycles. The summed E-state index contributed by atoms with van der Waals surface area (Å²) in [6, 6.07) is 2.92. The molecule has 25 heavy (non-hydrogen) atoms. The molecule has 0 atom stereocenters. The number of esters is 1. The van der Waals surface area contributed by atoms with E-state index in [4.69, 9.17) is 0 Å². The van der Waals surface area contributed by atoms with Crippen LogP contribution in [0.2, 0.25) is 0 Å². The second-order valence-electron chi connectivity index (χ2n) is 5.90. The molecule has 0 aliphatic carbocycles.